The van der Waals surface area contributed by atoms with Gasteiger partial charge in [-0.2, -0.15) is 0 Å². The van der Waals surface area contributed by atoms with Gasteiger partial charge in [-0.3, -0.25) is 4.79 Å². The normalized spacial score (nSPS) is 25.2. The summed E-state index contributed by atoms with van der Waals surface area (Å²) in [5.41, 5.74) is -0.753. The summed E-state index contributed by atoms with van der Waals surface area (Å²) in [4.78, 5) is 11.9. The maximum atomic E-state index is 11.9. The molecule has 0 aliphatic carbocycles. The zero-order chi connectivity index (χ0) is 13.1. The maximum Gasteiger partial charge on any atom is 0.246 e. The first kappa shape index (κ1) is 13.7. The van der Waals surface area contributed by atoms with E-state index in [4.69, 9.17) is 9.47 Å². The largest absolute Gasteiger partial charge is 0.394 e. The molecule has 0 spiro atoms. The van der Waals surface area contributed by atoms with Gasteiger partial charge in [0, 0.05) is 26.3 Å². The number of nitrogens with one attached hydrogen (secondary N) is 2. The zero-order valence-corrected chi connectivity index (χ0v) is 10.8. The number of amides is 1. The molecule has 3 N–H and O–H groups in total. The van der Waals surface area contributed by atoms with Crippen LogP contribution in [-0.2, 0) is 14.3 Å². The monoisotopic (exact) mass is 258 g/mol. The van der Waals surface area contributed by atoms with Crippen molar-refractivity contribution in [2.45, 2.75) is 30.9 Å². The molecule has 2 aliphatic rings. The van der Waals surface area contributed by atoms with Crippen molar-refractivity contribution in [1.29, 1.82) is 0 Å². The first-order valence-electron chi connectivity index (χ1n) is 6.42. The minimum Gasteiger partial charge on any atom is -0.394 e. The van der Waals surface area contributed by atoms with Crippen LogP contribution < -0.4 is 10.6 Å². The van der Waals surface area contributed by atoms with E-state index in [1.807, 2.05) is 6.92 Å². The van der Waals surface area contributed by atoms with Gasteiger partial charge in [0.15, 0.2) is 0 Å². The van der Waals surface area contributed by atoms with E-state index in [0.29, 0.717) is 26.1 Å². The Hall–Kier alpha value is -0.690. The van der Waals surface area contributed by atoms with Crippen LogP contribution in [-0.4, -0.2) is 61.7 Å². The number of carbonyl (C=O) groups is 1. The SMILES string of the molecule is CC1(OCC(=O)NC2(CO)CCOCC2)CNC1. The van der Waals surface area contributed by atoms with Crippen LogP contribution in [0.3, 0.4) is 0 Å². The highest BCUT2D eigenvalue weighted by molar-refractivity contribution is 5.78. The van der Waals surface area contributed by atoms with Crippen molar-refractivity contribution in [3.63, 3.8) is 0 Å². The van der Waals surface area contributed by atoms with Crippen molar-refractivity contribution in [2.75, 3.05) is 39.5 Å². The van der Waals surface area contributed by atoms with Gasteiger partial charge in [-0.1, -0.05) is 0 Å². The highest BCUT2D eigenvalue weighted by atomic mass is 16.5. The molecule has 18 heavy (non-hydrogen) atoms. The Labute approximate surface area is 107 Å². The molecule has 0 radical (unpaired) electrons. The lowest BCUT2D eigenvalue weighted by Gasteiger charge is -2.40. The zero-order valence-electron chi connectivity index (χ0n) is 10.8. The van der Waals surface area contributed by atoms with Crippen molar-refractivity contribution in [1.82, 2.24) is 10.6 Å². The maximum absolute atomic E-state index is 11.9. The Balaban J connectivity index is 1.78. The topological polar surface area (TPSA) is 79.8 Å². The molecule has 1 amide bonds. The molecule has 0 unspecified atom stereocenters. The molecule has 2 heterocycles. The molecule has 2 fully saturated rings. The van der Waals surface area contributed by atoms with E-state index in [0.717, 1.165) is 13.1 Å². The molecule has 0 aromatic heterocycles. The van der Waals surface area contributed by atoms with Crippen LogP contribution in [0.5, 0.6) is 0 Å². The van der Waals surface area contributed by atoms with Gasteiger partial charge in [-0.05, 0) is 19.8 Å². The van der Waals surface area contributed by atoms with E-state index in [-0.39, 0.29) is 24.7 Å². The second-order valence-electron chi connectivity index (χ2n) is 5.44. The molecule has 0 aromatic rings. The molecule has 0 atom stereocenters. The summed E-state index contributed by atoms with van der Waals surface area (Å²) in [5, 5.41) is 15.5. The Morgan fingerprint density at radius 1 is 1.44 bits per heavy atom. The van der Waals surface area contributed by atoms with Crippen LogP contribution >= 0.6 is 0 Å². The molecule has 2 rings (SSSR count). The van der Waals surface area contributed by atoms with Crippen LogP contribution in [0.2, 0.25) is 0 Å². The third kappa shape index (κ3) is 3.20. The van der Waals surface area contributed by atoms with Crippen molar-refractivity contribution in [3.05, 3.63) is 0 Å². The quantitative estimate of drug-likeness (QED) is 0.591. The highest BCUT2D eigenvalue weighted by Gasteiger charge is 2.36. The van der Waals surface area contributed by atoms with Crippen LogP contribution in [0.1, 0.15) is 19.8 Å². The number of hydrogen-bond donors (Lipinski definition) is 3. The number of aliphatic hydroxyl groups is 1. The average molecular weight is 258 g/mol. The minimum absolute atomic E-state index is 0.0424. The van der Waals surface area contributed by atoms with Crippen LogP contribution in [0.15, 0.2) is 0 Å². The van der Waals surface area contributed by atoms with Gasteiger partial charge in [0.1, 0.15) is 6.61 Å². The molecule has 0 bridgehead atoms. The lowest BCUT2D eigenvalue weighted by atomic mass is 9.91. The van der Waals surface area contributed by atoms with Crippen LogP contribution in [0.4, 0.5) is 0 Å². The highest BCUT2D eigenvalue weighted by Crippen LogP contribution is 2.20. The van der Waals surface area contributed by atoms with Crippen molar-refractivity contribution < 1.29 is 19.4 Å². The van der Waals surface area contributed by atoms with E-state index in [1.54, 1.807) is 0 Å². The summed E-state index contributed by atoms with van der Waals surface area (Å²) in [6.07, 6.45) is 1.29. The Bertz CT molecular complexity index is 298. The molecule has 6 nitrogen and oxygen atoms in total. The predicted octanol–water partition coefficient (Wildman–Crippen LogP) is -0.977. The smallest absolute Gasteiger partial charge is 0.246 e. The summed E-state index contributed by atoms with van der Waals surface area (Å²) < 4.78 is 10.8. The van der Waals surface area contributed by atoms with Crippen LogP contribution in [0, 0.1) is 0 Å². The lowest BCUT2D eigenvalue weighted by Crippen LogP contribution is -2.61. The molecule has 0 aromatic carbocycles. The van der Waals surface area contributed by atoms with E-state index in [2.05, 4.69) is 10.6 Å². The molecule has 2 saturated heterocycles. The molecular weight excluding hydrogens is 236 g/mol. The Morgan fingerprint density at radius 2 is 2.11 bits per heavy atom. The second-order valence-corrected chi connectivity index (χ2v) is 5.44. The lowest BCUT2D eigenvalue weighted by molar-refractivity contribution is -0.139. The standard InChI is InChI=1S/C12H22N2O4/c1-11(7-13-8-11)18-6-10(16)14-12(9-15)2-4-17-5-3-12/h13,15H,2-9H2,1H3,(H,14,16). The number of carbonyl (C=O) groups excluding carboxylic acids is 1. The Kier molecular flexibility index (Phi) is 4.21. The Morgan fingerprint density at radius 3 is 2.61 bits per heavy atom. The van der Waals surface area contributed by atoms with E-state index >= 15 is 0 Å². The van der Waals surface area contributed by atoms with Gasteiger partial charge in [0.25, 0.3) is 0 Å². The number of rotatable bonds is 5. The third-order valence-corrected chi connectivity index (χ3v) is 3.71. The van der Waals surface area contributed by atoms with Gasteiger partial charge in [0.05, 0.1) is 17.7 Å². The summed E-state index contributed by atoms with van der Waals surface area (Å²) in [5.74, 6) is -0.168. The fraction of sp³-hybridized carbons (Fsp3) is 0.917. The molecular formula is C12H22N2O4. The van der Waals surface area contributed by atoms with E-state index in [9.17, 15) is 9.90 Å². The average Bonchev–Trinajstić information content (AvgIpc) is 2.35. The van der Waals surface area contributed by atoms with E-state index < -0.39 is 5.54 Å². The van der Waals surface area contributed by atoms with E-state index in [1.165, 1.54) is 0 Å². The number of ether oxygens (including phenoxy) is 2. The second kappa shape index (κ2) is 5.52. The number of aliphatic hydroxyl groups excluding tert-OH is 1. The summed E-state index contributed by atoms with van der Waals surface area (Å²) in [7, 11) is 0. The fourth-order valence-corrected chi connectivity index (χ4v) is 2.24. The molecule has 6 heteroatoms. The molecule has 2 aliphatic heterocycles. The third-order valence-electron chi connectivity index (χ3n) is 3.71. The van der Waals surface area contributed by atoms with Gasteiger partial charge >= 0.3 is 0 Å². The molecule has 0 saturated carbocycles. The van der Waals surface area contributed by atoms with Gasteiger partial charge in [-0.25, -0.2) is 0 Å². The minimum atomic E-state index is -0.530. The van der Waals surface area contributed by atoms with Crippen molar-refractivity contribution >= 4 is 5.91 Å². The molecule has 104 valence electrons. The van der Waals surface area contributed by atoms with Gasteiger partial charge in [-0.15, -0.1) is 0 Å². The predicted molar refractivity (Wildman–Crippen MR) is 65.2 cm³/mol. The first-order valence-corrected chi connectivity index (χ1v) is 6.42. The first-order chi connectivity index (χ1) is 8.58. The summed E-state index contributed by atoms with van der Waals surface area (Å²) in [6.45, 7) is 4.67. The van der Waals surface area contributed by atoms with Crippen LogP contribution in [0.25, 0.3) is 0 Å². The summed E-state index contributed by atoms with van der Waals surface area (Å²) in [6, 6.07) is 0. The van der Waals surface area contributed by atoms with Gasteiger partial charge in [0.2, 0.25) is 5.91 Å². The summed E-state index contributed by atoms with van der Waals surface area (Å²) >= 11 is 0. The fourth-order valence-electron chi connectivity index (χ4n) is 2.24. The van der Waals surface area contributed by atoms with Crippen molar-refractivity contribution in [3.8, 4) is 0 Å². The number of hydrogen-bond acceptors (Lipinski definition) is 5. The van der Waals surface area contributed by atoms with Crippen molar-refractivity contribution in [2.24, 2.45) is 0 Å². The van der Waals surface area contributed by atoms with Gasteiger partial charge < -0.3 is 25.2 Å².